The van der Waals surface area contributed by atoms with Gasteiger partial charge in [-0.15, -0.1) is 0 Å². The summed E-state index contributed by atoms with van der Waals surface area (Å²) in [5, 5.41) is 19.0. The number of hydrogen-bond donors (Lipinski definition) is 3. The largest absolute Gasteiger partial charge is 0.393 e. The van der Waals surface area contributed by atoms with E-state index in [1.807, 2.05) is 6.92 Å². The van der Waals surface area contributed by atoms with Crippen molar-refractivity contribution < 1.29 is 9.90 Å². The van der Waals surface area contributed by atoms with Crippen molar-refractivity contribution in [2.45, 2.75) is 32.4 Å². The number of aliphatic hydroxyl groups excluding tert-OH is 1. The maximum atomic E-state index is 11.6. The summed E-state index contributed by atoms with van der Waals surface area (Å²) in [6.45, 7) is 2.72. The fourth-order valence-electron chi connectivity index (χ4n) is 1.81. The highest BCUT2D eigenvalue weighted by atomic mass is 16.3. The molecule has 2 heterocycles. The molecule has 1 atom stereocenters. The molecule has 2 aromatic heterocycles. The molecular weight excluding hydrogens is 258 g/mol. The molecule has 0 bridgehead atoms. The summed E-state index contributed by atoms with van der Waals surface area (Å²) in [7, 11) is 0. The van der Waals surface area contributed by atoms with Crippen LogP contribution in [0.1, 0.15) is 25.5 Å². The van der Waals surface area contributed by atoms with Crippen LogP contribution in [0.2, 0.25) is 0 Å². The third-order valence-electron chi connectivity index (χ3n) is 3.03. The van der Waals surface area contributed by atoms with Gasteiger partial charge >= 0.3 is 6.03 Å². The average Bonchev–Trinajstić information content (AvgIpc) is 2.93. The number of aliphatic hydroxyl groups is 1. The van der Waals surface area contributed by atoms with E-state index in [9.17, 15) is 9.90 Å². The molecule has 108 valence electrons. The van der Waals surface area contributed by atoms with Gasteiger partial charge in [-0.1, -0.05) is 6.92 Å². The SMILES string of the molecule is CCC(O)CCNC(=O)NCc1ccnc2ccnn12. The molecule has 7 heteroatoms. The number of urea groups is 1. The van der Waals surface area contributed by atoms with Crippen LogP contribution in [0, 0.1) is 0 Å². The second-order valence-electron chi connectivity index (χ2n) is 4.50. The van der Waals surface area contributed by atoms with Gasteiger partial charge in [-0.05, 0) is 18.9 Å². The molecule has 0 saturated carbocycles. The Bertz CT molecular complexity index is 569. The Kier molecular flexibility index (Phi) is 4.89. The molecule has 1 unspecified atom stereocenters. The number of hydrogen-bond acceptors (Lipinski definition) is 4. The molecule has 0 aliphatic carbocycles. The maximum absolute atomic E-state index is 11.6. The van der Waals surface area contributed by atoms with Gasteiger partial charge in [-0.3, -0.25) is 0 Å². The predicted octanol–water partition coefficient (Wildman–Crippen LogP) is 0.689. The minimum atomic E-state index is -0.362. The highest BCUT2D eigenvalue weighted by Gasteiger charge is 2.05. The van der Waals surface area contributed by atoms with E-state index in [4.69, 9.17) is 0 Å². The first-order chi connectivity index (χ1) is 9.70. The van der Waals surface area contributed by atoms with Crippen LogP contribution < -0.4 is 10.6 Å². The number of rotatable bonds is 6. The van der Waals surface area contributed by atoms with Crippen molar-refractivity contribution in [2.75, 3.05) is 6.54 Å². The number of carbonyl (C=O) groups is 1. The third-order valence-corrected chi connectivity index (χ3v) is 3.03. The lowest BCUT2D eigenvalue weighted by Crippen LogP contribution is -2.36. The van der Waals surface area contributed by atoms with Crippen molar-refractivity contribution in [3.05, 3.63) is 30.2 Å². The zero-order chi connectivity index (χ0) is 14.4. The minimum Gasteiger partial charge on any atom is -0.393 e. The summed E-state index contributed by atoms with van der Waals surface area (Å²) in [5.41, 5.74) is 1.60. The molecule has 0 fully saturated rings. The highest BCUT2D eigenvalue weighted by molar-refractivity contribution is 5.73. The molecule has 20 heavy (non-hydrogen) atoms. The normalized spacial score (nSPS) is 12.3. The maximum Gasteiger partial charge on any atom is 0.315 e. The van der Waals surface area contributed by atoms with E-state index in [0.717, 1.165) is 11.3 Å². The van der Waals surface area contributed by atoms with Gasteiger partial charge in [0.25, 0.3) is 0 Å². The fourth-order valence-corrected chi connectivity index (χ4v) is 1.81. The molecule has 0 spiro atoms. The van der Waals surface area contributed by atoms with Crippen LogP contribution in [0.15, 0.2) is 24.5 Å². The van der Waals surface area contributed by atoms with Crippen molar-refractivity contribution in [2.24, 2.45) is 0 Å². The van der Waals surface area contributed by atoms with Gasteiger partial charge in [0.1, 0.15) is 0 Å². The zero-order valence-corrected chi connectivity index (χ0v) is 11.4. The fraction of sp³-hybridized carbons (Fsp3) is 0.462. The van der Waals surface area contributed by atoms with Crippen LogP contribution in [-0.2, 0) is 6.54 Å². The van der Waals surface area contributed by atoms with E-state index >= 15 is 0 Å². The lowest BCUT2D eigenvalue weighted by molar-refractivity contribution is 0.160. The molecule has 0 saturated heterocycles. The van der Waals surface area contributed by atoms with Crippen molar-refractivity contribution in [3.63, 3.8) is 0 Å². The smallest absolute Gasteiger partial charge is 0.315 e. The Hall–Kier alpha value is -2.15. The van der Waals surface area contributed by atoms with Crippen LogP contribution in [0.5, 0.6) is 0 Å². The van der Waals surface area contributed by atoms with Gasteiger partial charge in [0, 0.05) is 18.8 Å². The van der Waals surface area contributed by atoms with Crippen LogP contribution in [-0.4, -0.2) is 38.4 Å². The molecular formula is C13H19N5O2. The monoisotopic (exact) mass is 277 g/mol. The number of fused-ring (bicyclic) bond motifs is 1. The average molecular weight is 277 g/mol. The first-order valence-corrected chi connectivity index (χ1v) is 6.68. The second kappa shape index (κ2) is 6.85. The first-order valence-electron chi connectivity index (χ1n) is 6.68. The van der Waals surface area contributed by atoms with Crippen LogP contribution in [0.4, 0.5) is 4.79 Å². The second-order valence-corrected chi connectivity index (χ2v) is 4.50. The van der Waals surface area contributed by atoms with Crippen molar-refractivity contribution in [3.8, 4) is 0 Å². The van der Waals surface area contributed by atoms with Crippen molar-refractivity contribution in [1.82, 2.24) is 25.2 Å². The van der Waals surface area contributed by atoms with E-state index in [1.54, 1.807) is 29.0 Å². The van der Waals surface area contributed by atoms with Gasteiger partial charge in [0.2, 0.25) is 0 Å². The quantitative estimate of drug-likeness (QED) is 0.724. The van der Waals surface area contributed by atoms with Gasteiger partial charge in [0.15, 0.2) is 5.65 Å². The van der Waals surface area contributed by atoms with Crippen LogP contribution in [0.25, 0.3) is 5.65 Å². The lowest BCUT2D eigenvalue weighted by atomic mass is 10.2. The van der Waals surface area contributed by atoms with E-state index in [1.165, 1.54) is 0 Å². The van der Waals surface area contributed by atoms with Gasteiger partial charge in [-0.25, -0.2) is 14.3 Å². The number of carbonyl (C=O) groups excluding carboxylic acids is 1. The molecule has 2 rings (SSSR count). The standard InChI is InChI=1S/C13H19N5O2/c1-2-11(19)4-7-15-13(20)16-9-10-3-6-14-12-5-8-17-18(10)12/h3,5-6,8,11,19H,2,4,7,9H2,1H3,(H2,15,16,20). The van der Waals surface area contributed by atoms with Crippen molar-refractivity contribution in [1.29, 1.82) is 0 Å². The van der Waals surface area contributed by atoms with Gasteiger partial charge < -0.3 is 15.7 Å². The first kappa shape index (κ1) is 14.3. The van der Waals surface area contributed by atoms with Crippen LogP contribution in [0.3, 0.4) is 0 Å². The molecule has 2 aromatic rings. The van der Waals surface area contributed by atoms with E-state index < -0.39 is 0 Å². The van der Waals surface area contributed by atoms with Gasteiger partial charge in [0.05, 0.1) is 24.5 Å². The Morgan fingerprint density at radius 2 is 2.25 bits per heavy atom. The Labute approximate surface area is 117 Å². The Morgan fingerprint density at radius 3 is 3.05 bits per heavy atom. The van der Waals surface area contributed by atoms with Gasteiger partial charge in [-0.2, -0.15) is 5.10 Å². The van der Waals surface area contributed by atoms with Crippen molar-refractivity contribution >= 4 is 11.7 Å². The molecule has 0 aromatic carbocycles. The summed E-state index contributed by atoms with van der Waals surface area (Å²) in [6, 6.07) is 3.35. The molecule has 0 aliphatic heterocycles. The third kappa shape index (κ3) is 3.67. The predicted molar refractivity (Wildman–Crippen MR) is 74.1 cm³/mol. The number of nitrogens with zero attached hydrogens (tertiary/aromatic N) is 3. The van der Waals surface area contributed by atoms with E-state index in [0.29, 0.717) is 25.9 Å². The minimum absolute atomic E-state index is 0.259. The highest BCUT2D eigenvalue weighted by Crippen LogP contribution is 2.02. The summed E-state index contributed by atoms with van der Waals surface area (Å²) in [5.74, 6) is 0. The summed E-state index contributed by atoms with van der Waals surface area (Å²) in [4.78, 5) is 15.8. The Morgan fingerprint density at radius 1 is 1.40 bits per heavy atom. The zero-order valence-electron chi connectivity index (χ0n) is 11.4. The summed E-state index contributed by atoms with van der Waals surface area (Å²) < 4.78 is 1.68. The molecule has 3 N–H and O–H groups in total. The summed E-state index contributed by atoms with van der Waals surface area (Å²) >= 11 is 0. The Balaban J connectivity index is 1.80. The molecule has 0 aliphatic rings. The molecule has 7 nitrogen and oxygen atoms in total. The number of aromatic nitrogens is 3. The van der Waals surface area contributed by atoms with Crippen LogP contribution >= 0.6 is 0 Å². The number of nitrogens with one attached hydrogen (secondary N) is 2. The topological polar surface area (TPSA) is 91.5 Å². The van der Waals surface area contributed by atoms with E-state index in [2.05, 4.69) is 20.7 Å². The summed E-state index contributed by atoms with van der Waals surface area (Å²) in [6.07, 6.45) is 4.24. The lowest BCUT2D eigenvalue weighted by Gasteiger charge is -2.10. The van der Waals surface area contributed by atoms with E-state index in [-0.39, 0.29) is 12.1 Å². The molecule has 2 amide bonds. The number of amides is 2. The molecule has 0 radical (unpaired) electrons.